The van der Waals surface area contributed by atoms with Crippen LogP contribution in [0, 0.1) is 0 Å². The third kappa shape index (κ3) is 3.37. The van der Waals surface area contributed by atoms with Crippen LogP contribution in [0.1, 0.15) is 38.1 Å². The summed E-state index contributed by atoms with van der Waals surface area (Å²) in [7, 11) is 0. The number of nitrogens with one attached hydrogen (secondary N) is 2. The molecule has 3 rings (SSSR count). The first-order valence-electron chi connectivity index (χ1n) is 7.48. The van der Waals surface area contributed by atoms with Gasteiger partial charge in [-0.2, -0.15) is 5.10 Å². The number of amides is 1. The van der Waals surface area contributed by atoms with Gasteiger partial charge in [-0.15, -0.1) is 0 Å². The van der Waals surface area contributed by atoms with E-state index in [4.69, 9.17) is 4.74 Å². The summed E-state index contributed by atoms with van der Waals surface area (Å²) in [4.78, 5) is 12.0. The van der Waals surface area contributed by atoms with Gasteiger partial charge in [0, 0.05) is 25.4 Å². The molecule has 1 aromatic rings. The van der Waals surface area contributed by atoms with Crippen molar-refractivity contribution < 1.29 is 9.53 Å². The highest BCUT2D eigenvalue weighted by molar-refractivity contribution is 5.90. The monoisotopic (exact) mass is 278 g/mol. The molecule has 2 aliphatic heterocycles. The highest BCUT2D eigenvalue weighted by atomic mass is 16.5. The molecular formula is C14H22N4O2. The van der Waals surface area contributed by atoms with E-state index in [1.165, 1.54) is 0 Å². The predicted molar refractivity (Wildman–Crippen MR) is 75.6 cm³/mol. The van der Waals surface area contributed by atoms with Gasteiger partial charge in [0.2, 0.25) is 5.91 Å². The molecule has 0 unspecified atom stereocenters. The Bertz CT molecular complexity index is 448. The molecule has 0 spiro atoms. The lowest BCUT2D eigenvalue weighted by Gasteiger charge is -2.21. The molecule has 0 aromatic carbocycles. The number of rotatable bonds is 4. The van der Waals surface area contributed by atoms with Crippen LogP contribution in [0.15, 0.2) is 12.3 Å². The standard InChI is InChI=1S/C14H22N4O2/c19-14(9-12-3-1-2-8-20-12)16-13-5-7-18(17-13)11-4-6-15-10-11/h5,7,11-12,15H,1-4,6,8-10H2,(H,16,17,19)/t11-,12-/m1/s1. The highest BCUT2D eigenvalue weighted by Crippen LogP contribution is 2.18. The van der Waals surface area contributed by atoms with Crippen LogP contribution in [0.2, 0.25) is 0 Å². The lowest BCUT2D eigenvalue weighted by Crippen LogP contribution is -2.25. The van der Waals surface area contributed by atoms with Crippen molar-refractivity contribution in [3.8, 4) is 0 Å². The Morgan fingerprint density at radius 3 is 3.20 bits per heavy atom. The molecule has 2 saturated heterocycles. The largest absolute Gasteiger partial charge is 0.378 e. The molecule has 2 fully saturated rings. The second-order valence-corrected chi connectivity index (χ2v) is 5.57. The van der Waals surface area contributed by atoms with Crippen LogP contribution in [-0.4, -0.2) is 41.5 Å². The quantitative estimate of drug-likeness (QED) is 0.871. The van der Waals surface area contributed by atoms with Gasteiger partial charge in [0.1, 0.15) is 0 Å². The molecule has 0 radical (unpaired) electrons. The maximum Gasteiger partial charge on any atom is 0.228 e. The Hall–Kier alpha value is -1.40. The Kier molecular flexibility index (Phi) is 4.32. The minimum Gasteiger partial charge on any atom is -0.378 e. The molecule has 1 amide bonds. The van der Waals surface area contributed by atoms with Crippen LogP contribution in [0.3, 0.4) is 0 Å². The normalized spacial score (nSPS) is 26.6. The summed E-state index contributed by atoms with van der Waals surface area (Å²) < 4.78 is 7.52. The van der Waals surface area contributed by atoms with Gasteiger partial charge in [-0.05, 0) is 32.2 Å². The SMILES string of the molecule is O=C(C[C@H]1CCCCO1)Nc1ccn([C@@H]2CCNC2)n1. The summed E-state index contributed by atoms with van der Waals surface area (Å²) in [5, 5.41) is 10.6. The van der Waals surface area contributed by atoms with Gasteiger partial charge in [0.25, 0.3) is 0 Å². The van der Waals surface area contributed by atoms with Crippen molar-refractivity contribution in [3.05, 3.63) is 12.3 Å². The second-order valence-electron chi connectivity index (χ2n) is 5.57. The first-order valence-corrected chi connectivity index (χ1v) is 7.48. The fourth-order valence-electron chi connectivity index (χ4n) is 2.84. The molecule has 6 nitrogen and oxygen atoms in total. The predicted octanol–water partition coefficient (Wildman–Crippen LogP) is 1.32. The Morgan fingerprint density at radius 1 is 1.50 bits per heavy atom. The number of anilines is 1. The Balaban J connectivity index is 1.50. The number of nitrogens with zero attached hydrogens (tertiary/aromatic N) is 2. The van der Waals surface area contributed by atoms with Crippen molar-refractivity contribution in [2.24, 2.45) is 0 Å². The van der Waals surface area contributed by atoms with E-state index >= 15 is 0 Å². The van der Waals surface area contributed by atoms with Gasteiger partial charge in [-0.3, -0.25) is 9.48 Å². The van der Waals surface area contributed by atoms with Gasteiger partial charge >= 0.3 is 0 Å². The van der Waals surface area contributed by atoms with Crippen LogP contribution >= 0.6 is 0 Å². The zero-order chi connectivity index (χ0) is 13.8. The Labute approximate surface area is 118 Å². The number of carbonyl (C=O) groups is 1. The van der Waals surface area contributed by atoms with E-state index in [0.29, 0.717) is 18.3 Å². The van der Waals surface area contributed by atoms with Crippen LogP contribution < -0.4 is 10.6 Å². The lowest BCUT2D eigenvalue weighted by molar-refractivity contribution is -0.119. The zero-order valence-corrected chi connectivity index (χ0v) is 11.7. The molecule has 1 aromatic heterocycles. The fourth-order valence-corrected chi connectivity index (χ4v) is 2.84. The number of ether oxygens (including phenoxy) is 1. The van der Waals surface area contributed by atoms with Crippen LogP contribution in [0.5, 0.6) is 0 Å². The average molecular weight is 278 g/mol. The topological polar surface area (TPSA) is 68.2 Å². The molecule has 2 N–H and O–H groups in total. The summed E-state index contributed by atoms with van der Waals surface area (Å²) in [6, 6.07) is 2.26. The lowest BCUT2D eigenvalue weighted by atomic mass is 10.1. The summed E-state index contributed by atoms with van der Waals surface area (Å²) in [5.74, 6) is 0.629. The van der Waals surface area contributed by atoms with Crippen molar-refractivity contribution in [3.63, 3.8) is 0 Å². The van der Waals surface area contributed by atoms with Crippen LogP contribution in [-0.2, 0) is 9.53 Å². The van der Waals surface area contributed by atoms with Crippen molar-refractivity contribution in [1.82, 2.24) is 15.1 Å². The molecular weight excluding hydrogens is 256 g/mol. The van der Waals surface area contributed by atoms with Crippen molar-refractivity contribution in [1.29, 1.82) is 0 Å². The summed E-state index contributed by atoms with van der Waals surface area (Å²) in [6.07, 6.45) is 6.77. The van der Waals surface area contributed by atoms with E-state index in [1.54, 1.807) is 0 Å². The number of hydrogen-bond acceptors (Lipinski definition) is 4. The third-order valence-electron chi connectivity index (χ3n) is 3.97. The fraction of sp³-hybridized carbons (Fsp3) is 0.714. The summed E-state index contributed by atoms with van der Waals surface area (Å²) in [5.41, 5.74) is 0. The van der Waals surface area contributed by atoms with E-state index < -0.39 is 0 Å². The number of hydrogen-bond donors (Lipinski definition) is 2. The summed E-state index contributed by atoms with van der Waals surface area (Å²) >= 11 is 0. The first kappa shape index (κ1) is 13.6. The smallest absolute Gasteiger partial charge is 0.228 e. The minimum absolute atomic E-state index is 0.00769. The molecule has 110 valence electrons. The second kappa shape index (κ2) is 6.37. The molecule has 6 heteroatoms. The molecule has 20 heavy (non-hydrogen) atoms. The molecule has 2 aliphatic rings. The average Bonchev–Trinajstić information content (AvgIpc) is 3.10. The molecule has 3 heterocycles. The molecule has 2 atom stereocenters. The maximum absolute atomic E-state index is 12.0. The van der Waals surface area contributed by atoms with E-state index in [-0.39, 0.29) is 12.0 Å². The maximum atomic E-state index is 12.0. The zero-order valence-electron chi connectivity index (χ0n) is 11.7. The first-order chi connectivity index (χ1) is 9.81. The van der Waals surface area contributed by atoms with E-state index in [0.717, 1.165) is 45.4 Å². The van der Waals surface area contributed by atoms with Gasteiger partial charge in [0.15, 0.2) is 5.82 Å². The van der Waals surface area contributed by atoms with Crippen molar-refractivity contribution in [2.75, 3.05) is 25.0 Å². The molecule has 0 saturated carbocycles. The van der Waals surface area contributed by atoms with E-state index in [1.807, 2.05) is 16.9 Å². The molecule has 0 aliphatic carbocycles. The number of aromatic nitrogens is 2. The van der Waals surface area contributed by atoms with Crippen LogP contribution in [0.4, 0.5) is 5.82 Å². The van der Waals surface area contributed by atoms with Gasteiger partial charge in [-0.1, -0.05) is 0 Å². The van der Waals surface area contributed by atoms with Gasteiger partial charge in [0.05, 0.1) is 18.6 Å². The van der Waals surface area contributed by atoms with E-state index in [2.05, 4.69) is 15.7 Å². The van der Waals surface area contributed by atoms with Crippen molar-refractivity contribution in [2.45, 2.75) is 44.2 Å². The third-order valence-corrected chi connectivity index (χ3v) is 3.97. The van der Waals surface area contributed by atoms with Gasteiger partial charge < -0.3 is 15.4 Å². The number of carbonyl (C=O) groups excluding carboxylic acids is 1. The van der Waals surface area contributed by atoms with Crippen LogP contribution in [0.25, 0.3) is 0 Å². The van der Waals surface area contributed by atoms with Crippen molar-refractivity contribution >= 4 is 11.7 Å². The van der Waals surface area contributed by atoms with E-state index in [9.17, 15) is 4.79 Å². The summed E-state index contributed by atoms with van der Waals surface area (Å²) in [6.45, 7) is 2.76. The van der Waals surface area contributed by atoms with Gasteiger partial charge in [-0.25, -0.2) is 0 Å². The molecule has 0 bridgehead atoms. The highest BCUT2D eigenvalue weighted by Gasteiger charge is 2.20. The Morgan fingerprint density at radius 2 is 2.45 bits per heavy atom. The minimum atomic E-state index is -0.00769.